The average Bonchev–Trinajstić information content (AvgIpc) is 2.35. The van der Waals surface area contributed by atoms with Crippen LogP contribution in [-0.4, -0.2) is 25.8 Å². The van der Waals surface area contributed by atoms with Gasteiger partial charge in [0.1, 0.15) is 29.5 Å². The lowest BCUT2D eigenvalue weighted by Gasteiger charge is -2.16. The van der Waals surface area contributed by atoms with Gasteiger partial charge in [0.15, 0.2) is 5.82 Å². The van der Waals surface area contributed by atoms with Crippen LogP contribution in [0.25, 0.3) is 0 Å². The first-order valence-electron chi connectivity index (χ1n) is 4.83. The van der Waals surface area contributed by atoms with Crippen molar-refractivity contribution >= 4 is 15.7 Å². The van der Waals surface area contributed by atoms with E-state index in [9.17, 15) is 17.2 Å². The molecule has 0 aliphatic rings. The van der Waals surface area contributed by atoms with E-state index in [2.05, 4.69) is 0 Å². The quantitative estimate of drug-likeness (QED) is 0.643. The SMILES string of the molecule is N#CCN(CC#N)S(=O)(=O)c1ccc(F)c(N)c1F. The lowest BCUT2D eigenvalue weighted by Crippen LogP contribution is -2.32. The molecule has 2 N–H and O–H groups in total. The number of halogens is 2. The van der Waals surface area contributed by atoms with Crippen molar-refractivity contribution in [3.05, 3.63) is 23.8 Å². The van der Waals surface area contributed by atoms with Crippen LogP contribution in [0.15, 0.2) is 17.0 Å². The highest BCUT2D eigenvalue weighted by Gasteiger charge is 2.29. The van der Waals surface area contributed by atoms with Crippen molar-refractivity contribution in [3.8, 4) is 12.1 Å². The Labute approximate surface area is 108 Å². The number of rotatable bonds is 4. The van der Waals surface area contributed by atoms with Crippen molar-refractivity contribution in [1.29, 1.82) is 10.5 Å². The Balaban J connectivity index is 3.39. The highest BCUT2D eigenvalue weighted by Crippen LogP contribution is 2.25. The first kappa shape index (κ1) is 14.8. The van der Waals surface area contributed by atoms with Gasteiger partial charge in [-0.1, -0.05) is 0 Å². The number of nitriles is 2. The molecule has 1 aromatic carbocycles. The van der Waals surface area contributed by atoms with Gasteiger partial charge < -0.3 is 5.73 Å². The molecular formula is C10H8F2N4O2S. The molecule has 0 radical (unpaired) electrons. The minimum Gasteiger partial charge on any atom is -0.394 e. The van der Waals surface area contributed by atoms with E-state index in [0.717, 1.165) is 0 Å². The molecule has 0 spiro atoms. The third kappa shape index (κ3) is 2.78. The van der Waals surface area contributed by atoms with Crippen LogP contribution in [0.1, 0.15) is 0 Å². The van der Waals surface area contributed by atoms with E-state index in [1.807, 2.05) is 0 Å². The summed E-state index contributed by atoms with van der Waals surface area (Å²) in [6.07, 6.45) is 0. The summed E-state index contributed by atoms with van der Waals surface area (Å²) >= 11 is 0. The maximum atomic E-state index is 13.7. The fourth-order valence-corrected chi connectivity index (χ4v) is 2.58. The van der Waals surface area contributed by atoms with Gasteiger partial charge in [-0.05, 0) is 12.1 Å². The molecule has 0 aliphatic heterocycles. The van der Waals surface area contributed by atoms with Gasteiger partial charge in [0, 0.05) is 0 Å². The number of anilines is 1. The fourth-order valence-electron chi connectivity index (χ4n) is 1.27. The van der Waals surface area contributed by atoms with E-state index in [4.69, 9.17) is 16.3 Å². The van der Waals surface area contributed by atoms with Gasteiger partial charge in [-0.2, -0.15) is 14.8 Å². The van der Waals surface area contributed by atoms with E-state index >= 15 is 0 Å². The maximum absolute atomic E-state index is 13.7. The zero-order chi connectivity index (χ0) is 14.6. The minimum absolute atomic E-state index is 0.461. The van der Waals surface area contributed by atoms with Crippen LogP contribution >= 0.6 is 0 Å². The van der Waals surface area contributed by atoms with Crippen LogP contribution in [0.5, 0.6) is 0 Å². The lowest BCUT2D eigenvalue weighted by molar-refractivity contribution is 0.470. The molecular weight excluding hydrogens is 278 g/mol. The summed E-state index contributed by atoms with van der Waals surface area (Å²) in [6, 6.07) is 4.47. The first-order valence-corrected chi connectivity index (χ1v) is 6.27. The topological polar surface area (TPSA) is 111 Å². The monoisotopic (exact) mass is 286 g/mol. The molecule has 0 amide bonds. The van der Waals surface area contributed by atoms with Crippen LogP contribution in [0.2, 0.25) is 0 Å². The van der Waals surface area contributed by atoms with E-state index in [1.54, 1.807) is 12.1 Å². The molecule has 0 atom stereocenters. The molecule has 0 aromatic heterocycles. The third-order valence-electron chi connectivity index (χ3n) is 2.20. The van der Waals surface area contributed by atoms with Gasteiger partial charge in [-0.3, -0.25) is 0 Å². The highest BCUT2D eigenvalue weighted by molar-refractivity contribution is 7.89. The van der Waals surface area contributed by atoms with Gasteiger partial charge in [0.05, 0.1) is 12.1 Å². The Bertz CT molecular complexity index is 660. The smallest absolute Gasteiger partial charge is 0.247 e. The molecule has 0 unspecified atom stereocenters. The van der Waals surface area contributed by atoms with Gasteiger partial charge >= 0.3 is 0 Å². The normalized spacial score (nSPS) is 11.0. The number of hydrogen-bond donors (Lipinski definition) is 1. The predicted molar refractivity (Wildman–Crippen MR) is 60.8 cm³/mol. The average molecular weight is 286 g/mol. The van der Waals surface area contributed by atoms with Crippen molar-refractivity contribution in [2.24, 2.45) is 0 Å². The molecule has 100 valence electrons. The molecule has 9 heteroatoms. The zero-order valence-electron chi connectivity index (χ0n) is 9.47. The molecule has 0 aliphatic carbocycles. The molecule has 0 heterocycles. The van der Waals surface area contributed by atoms with Crippen LogP contribution in [0.3, 0.4) is 0 Å². The summed E-state index contributed by atoms with van der Waals surface area (Å²) in [5.74, 6) is -2.54. The summed E-state index contributed by atoms with van der Waals surface area (Å²) in [7, 11) is -4.43. The summed E-state index contributed by atoms with van der Waals surface area (Å²) < 4.78 is 51.1. The second kappa shape index (κ2) is 5.61. The third-order valence-corrected chi connectivity index (χ3v) is 4.01. The van der Waals surface area contributed by atoms with Gasteiger partial charge in [0.2, 0.25) is 10.0 Å². The molecule has 19 heavy (non-hydrogen) atoms. The zero-order valence-corrected chi connectivity index (χ0v) is 10.3. The Morgan fingerprint density at radius 1 is 1.21 bits per heavy atom. The van der Waals surface area contributed by atoms with E-state index in [-0.39, 0.29) is 0 Å². The van der Waals surface area contributed by atoms with Crippen molar-refractivity contribution < 1.29 is 17.2 Å². The number of benzene rings is 1. The van der Waals surface area contributed by atoms with Crippen LogP contribution < -0.4 is 5.73 Å². The predicted octanol–water partition coefficient (Wildman–Crippen LogP) is 0.585. The molecule has 6 nitrogen and oxygen atoms in total. The second-order valence-electron chi connectivity index (χ2n) is 3.36. The summed E-state index contributed by atoms with van der Waals surface area (Å²) in [6.45, 7) is -1.26. The van der Waals surface area contributed by atoms with Crippen molar-refractivity contribution in [2.75, 3.05) is 18.8 Å². The Morgan fingerprint density at radius 2 is 1.74 bits per heavy atom. The molecule has 1 aromatic rings. The highest BCUT2D eigenvalue weighted by atomic mass is 32.2. The summed E-state index contributed by atoms with van der Waals surface area (Å²) in [5, 5.41) is 17.0. The Kier molecular flexibility index (Phi) is 4.38. The molecule has 1 rings (SSSR count). The number of nitrogens with two attached hydrogens (primary N) is 1. The number of nitrogens with zero attached hydrogens (tertiary/aromatic N) is 3. The van der Waals surface area contributed by atoms with Gasteiger partial charge in [-0.25, -0.2) is 17.2 Å². The van der Waals surface area contributed by atoms with E-state index in [1.165, 1.54) is 0 Å². The van der Waals surface area contributed by atoms with Crippen LogP contribution in [0.4, 0.5) is 14.5 Å². The standard InChI is InChI=1S/C10H8F2N4O2S/c11-7-1-2-8(9(12)10(7)15)19(17,18)16(5-3-13)6-4-14/h1-2H,5-6,15H2. The lowest BCUT2D eigenvalue weighted by atomic mass is 10.3. The van der Waals surface area contributed by atoms with Gasteiger partial charge in [0.25, 0.3) is 0 Å². The summed E-state index contributed by atoms with van der Waals surface area (Å²) in [5.41, 5.74) is 4.13. The molecule has 0 saturated heterocycles. The molecule has 0 fully saturated rings. The van der Waals surface area contributed by atoms with Crippen LogP contribution in [-0.2, 0) is 10.0 Å². The number of hydrogen-bond acceptors (Lipinski definition) is 5. The minimum atomic E-state index is -4.43. The fraction of sp³-hybridized carbons (Fsp3) is 0.200. The number of nitrogen functional groups attached to an aromatic ring is 1. The van der Waals surface area contributed by atoms with Gasteiger partial charge in [-0.15, -0.1) is 0 Å². The molecule has 0 bridgehead atoms. The molecule has 0 saturated carbocycles. The van der Waals surface area contributed by atoms with Crippen molar-refractivity contribution in [3.63, 3.8) is 0 Å². The summed E-state index contributed by atoms with van der Waals surface area (Å²) in [4.78, 5) is -0.878. The second-order valence-corrected chi connectivity index (χ2v) is 5.27. The van der Waals surface area contributed by atoms with E-state index in [0.29, 0.717) is 16.4 Å². The largest absolute Gasteiger partial charge is 0.394 e. The van der Waals surface area contributed by atoms with Crippen molar-refractivity contribution in [2.45, 2.75) is 4.90 Å². The van der Waals surface area contributed by atoms with E-state index < -0.39 is 45.3 Å². The first-order chi connectivity index (χ1) is 8.86. The number of sulfonamides is 1. The maximum Gasteiger partial charge on any atom is 0.247 e. The van der Waals surface area contributed by atoms with Crippen LogP contribution in [0, 0.1) is 34.3 Å². The Morgan fingerprint density at radius 3 is 2.21 bits per heavy atom. The Hall–Kier alpha value is -2.23. The van der Waals surface area contributed by atoms with Crippen molar-refractivity contribution in [1.82, 2.24) is 4.31 Å².